The number of phosphoric acid groups is 1. The molecule has 528 valence electrons. The number of likely N-dealkylation sites (N-methyl/N-ethyl adjacent to an activating group) is 1. The van der Waals surface area contributed by atoms with E-state index in [0.717, 1.165) is 96.3 Å². The van der Waals surface area contributed by atoms with Gasteiger partial charge in [0.25, 0.3) is 0 Å². The van der Waals surface area contributed by atoms with Crippen molar-refractivity contribution in [2.24, 2.45) is 0 Å². The van der Waals surface area contributed by atoms with E-state index in [2.05, 4.69) is 111 Å². The largest absolute Gasteiger partial charge is 0.472 e. The zero-order valence-electron chi connectivity index (χ0n) is 60.6. The predicted octanol–water partition coefficient (Wildman–Crippen LogP) is 25.0. The summed E-state index contributed by atoms with van der Waals surface area (Å²) >= 11 is 0. The molecule has 1 amide bonds. The first-order valence-corrected chi connectivity index (χ1v) is 40.1. The number of carbonyl (C=O) groups excluding carboxylic acids is 2. The Balaban J connectivity index is 4.91. The van der Waals surface area contributed by atoms with Gasteiger partial charge in [0.15, 0.2) is 0 Å². The molecule has 91 heavy (non-hydrogen) atoms. The summed E-state index contributed by atoms with van der Waals surface area (Å²) in [6.45, 7) is 6.91. The summed E-state index contributed by atoms with van der Waals surface area (Å²) in [6.07, 6.45) is 95.8. The molecule has 0 aliphatic heterocycles. The molecule has 9 nitrogen and oxygen atoms in total. The molecule has 3 atom stereocenters. The standard InChI is InChI=1S/C81H147N2O7P/c1-7-10-13-16-19-22-25-27-29-31-33-35-37-39-41-43-45-47-49-51-53-55-58-61-64-67-70-73-80(84)82-78(77-89-91(86,87)88-76-75-83(4,5)6)79(72-69-66-63-60-57-24-21-18-15-12-9-3)90-81(85)74-71-68-65-62-59-56-54-52-50-48-46-44-42-40-38-36-34-32-30-28-26-23-20-17-14-11-8-2/h11,14,19-20,22-23,27-30,34,36,40,42,69,72,78-79H,7-10,12-13,15-18,21,24-26,31-33,35,37-39,41,43-68,70-71,73-77H2,1-6H3,(H-,82,84,86,87)/p+1/b14-11-,22-19-,23-20-,29-27-,30-28-,36-34-,42-40-,72-69+. The molecular formula is C81H148N2O7P+. The van der Waals surface area contributed by atoms with Gasteiger partial charge in [-0.2, -0.15) is 0 Å². The Labute approximate surface area is 564 Å². The van der Waals surface area contributed by atoms with Crippen LogP contribution in [0, 0.1) is 0 Å². The Morgan fingerprint density at radius 1 is 0.396 bits per heavy atom. The molecule has 0 aromatic heterocycles. The van der Waals surface area contributed by atoms with E-state index in [1.807, 2.05) is 33.3 Å². The first kappa shape index (κ1) is 87.9. The number of carbonyl (C=O) groups is 2. The summed E-state index contributed by atoms with van der Waals surface area (Å²) in [5.74, 6) is -0.499. The van der Waals surface area contributed by atoms with Crippen LogP contribution in [-0.4, -0.2) is 74.3 Å². The molecule has 0 saturated carbocycles. The molecule has 0 aliphatic carbocycles. The average Bonchev–Trinajstić information content (AvgIpc) is 3.03. The van der Waals surface area contributed by atoms with Gasteiger partial charge in [-0.05, 0) is 109 Å². The number of amides is 1. The summed E-state index contributed by atoms with van der Waals surface area (Å²) in [5.41, 5.74) is 0. The van der Waals surface area contributed by atoms with Crippen LogP contribution in [0.3, 0.4) is 0 Å². The van der Waals surface area contributed by atoms with Crippen LogP contribution >= 0.6 is 7.82 Å². The molecule has 0 heterocycles. The first-order valence-electron chi connectivity index (χ1n) is 38.6. The molecule has 0 bridgehead atoms. The highest BCUT2D eigenvalue weighted by Gasteiger charge is 2.30. The number of esters is 1. The minimum absolute atomic E-state index is 0.0379. The predicted molar refractivity (Wildman–Crippen MR) is 397 cm³/mol. The van der Waals surface area contributed by atoms with E-state index in [-0.39, 0.29) is 31.5 Å². The monoisotopic (exact) mass is 1290 g/mol. The Morgan fingerprint density at radius 3 is 1.08 bits per heavy atom. The van der Waals surface area contributed by atoms with Crippen molar-refractivity contribution in [3.63, 3.8) is 0 Å². The van der Waals surface area contributed by atoms with Crippen LogP contribution in [-0.2, 0) is 27.9 Å². The molecule has 0 aromatic carbocycles. The van der Waals surface area contributed by atoms with Crippen LogP contribution in [0.15, 0.2) is 97.2 Å². The molecule has 0 saturated heterocycles. The van der Waals surface area contributed by atoms with Crippen molar-refractivity contribution in [2.75, 3.05) is 40.9 Å². The number of quaternary nitrogens is 1. The third-order valence-electron chi connectivity index (χ3n) is 17.0. The molecular weight excluding hydrogens is 1140 g/mol. The minimum atomic E-state index is -4.46. The molecule has 0 radical (unpaired) electrons. The molecule has 3 unspecified atom stereocenters. The maximum absolute atomic E-state index is 13.6. The van der Waals surface area contributed by atoms with E-state index in [4.69, 9.17) is 13.8 Å². The van der Waals surface area contributed by atoms with E-state index >= 15 is 0 Å². The van der Waals surface area contributed by atoms with Gasteiger partial charge >= 0.3 is 13.8 Å². The van der Waals surface area contributed by atoms with Crippen LogP contribution in [0.25, 0.3) is 0 Å². The normalized spacial score (nSPS) is 14.0. The summed E-state index contributed by atoms with van der Waals surface area (Å²) in [7, 11) is 1.50. The maximum Gasteiger partial charge on any atom is 0.472 e. The van der Waals surface area contributed by atoms with Gasteiger partial charge in [-0.3, -0.25) is 18.6 Å². The Morgan fingerprint density at radius 2 is 0.703 bits per heavy atom. The fraction of sp³-hybridized carbons (Fsp3) is 0.778. The molecule has 10 heteroatoms. The van der Waals surface area contributed by atoms with Gasteiger partial charge in [-0.15, -0.1) is 0 Å². The Bertz CT molecular complexity index is 1880. The lowest BCUT2D eigenvalue weighted by Gasteiger charge is -2.27. The van der Waals surface area contributed by atoms with Crippen LogP contribution in [0.4, 0.5) is 0 Å². The summed E-state index contributed by atoms with van der Waals surface area (Å²) in [6, 6.07) is -0.854. The van der Waals surface area contributed by atoms with E-state index in [9.17, 15) is 19.0 Å². The highest BCUT2D eigenvalue weighted by Crippen LogP contribution is 2.43. The molecule has 0 aliphatic rings. The zero-order valence-corrected chi connectivity index (χ0v) is 61.5. The lowest BCUT2D eigenvalue weighted by Crippen LogP contribution is -2.47. The van der Waals surface area contributed by atoms with Gasteiger partial charge in [0.2, 0.25) is 5.91 Å². The lowest BCUT2D eigenvalue weighted by atomic mass is 10.0. The molecule has 0 rings (SSSR count). The van der Waals surface area contributed by atoms with Crippen molar-refractivity contribution in [3.05, 3.63) is 97.2 Å². The minimum Gasteiger partial charge on any atom is -0.456 e. The SMILES string of the molecule is CC/C=C\C/C=C\C/C=C\C/C=C\C/C=C\CCCCCCCCCCCCCC(=O)OC(/C=C/CCCCCCCCCCC)C(COP(=O)(O)OCC[N+](C)(C)C)NC(=O)CCCCCCCCCCCCCCCCCCC/C=C\C/C=C\CCCCC. The van der Waals surface area contributed by atoms with Gasteiger partial charge in [0.05, 0.1) is 33.8 Å². The van der Waals surface area contributed by atoms with E-state index < -0.39 is 20.0 Å². The summed E-state index contributed by atoms with van der Waals surface area (Å²) in [5, 5.41) is 3.08. The van der Waals surface area contributed by atoms with Crippen molar-refractivity contribution in [1.82, 2.24) is 5.32 Å². The smallest absolute Gasteiger partial charge is 0.456 e. The van der Waals surface area contributed by atoms with Crippen molar-refractivity contribution in [2.45, 2.75) is 367 Å². The van der Waals surface area contributed by atoms with E-state index in [1.54, 1.807) is 0 Å². The first-order chi connectivity index (χ1) is 44.4. The number of nitrogens with zero attached hydrogens (tertiary/aromatic N) is 1. The number of nitrogens with one attached hydrogen (secondary N) is 1. The Hall–Kier alpha value is -3.07. The quantitative estimate of drug-likeness (QED) is 0.0205. The number of hydrogen-bond acceptors (Lipinski definition) is 6. The third-order valence-corrected chi connectivity index (χ3v) is 18.0. The van der Waals surface area contributed by atoms with Crippen molar-refractivity contribution < 1.29 is 37.3 Å². The van der Waals surface area contributed by atoms with E-state index in [1.165, 1.54) is 225 Å². The highest BCUT2D eigenvalue weighted by atomic mass is 31.2. The lowest BCUT2D eigenvalue weighted by molar-refractivity contribution is -0.870. The molecule has 0 aromatic rings. The van der Waals surface area contributed by atoms with Gasteiger partial charge in [0, 0.05) is 12.8 Å². The maximum atomic E-state index is 13.6. The van der Waals surface area contributed by atoms with Gasteiger partial charge in [-0.1, -0.05) is 330 Å². The third kappa shape index (κ3) is 71.1. The number of allylic oxidation sites excluding steroid dienone is 15. The van der Waals surface area contributed by atoms with E-state index in [0.29, 0.717) is 17.4 Å². The van der Waals surface area contributed by atoms with Crippen LogP contribution < -0.4 is 5.32 Å². The molecule has 0 fully saturated rings. The van der Waals surface area contributed by atoms with Crippen molar-refractivity contribution in [1.29, 1.82) is 0 Å². The fourth-order valence-electron chi connectivity index (χ4n) is 11.1. The van der Waals surface area contributed by atoms with Gasteiger partial charge in [0.1, 0.15) is 19.3 Å². The van der Waals surface area contributed by atoms with Gasteiger partial charge in [-0.25, -0.2) is 4.57 Å². The number of unbranched alkanes of at least 4 members (excludes halogenated alkanes) is 40. The zero-order chi connectivity index (χ0) is 66.3. The average molecular weight is 1290 g/mol. The molecule has 2 N–H and O–H groups in total. The topological polar surface area (TPSA) is 111 Å². The van der Waals surface area contributed by atoms with Crippen molar-refractivity contribution >= 4 is 19.7 Å². The number of phosphoric ester groups is 1. The molecule has 0 spiro atoms. The highest BCUT2D eigenvalue weighted by molar-refractivity contribution is 7.47. The number of ether oxygens (including phenoxy) is 1. The van der Waals surface area contributed by atoms with Crippen molar-refractivity contribution in [3.8, 4) is 0 Å². The van der Waals surface area contributed by atoms with Gasteiger partial charge < -0.3 is 19.4 Å². The number of rotatable bonds is 70. The summed E-state index contributed by atoms with van der Waals surface area (Å²) < 4.78 is 30.9. The van der Waals surface area contributed by atoms with Crippen LogP contribution in [0.1, 0.15) is 355 Å². The Kier molecular flexibility index (Phi) is 67.4. The second kappa shape index (κ2) is 69.8. The second-order valence-corrected chi connectivity index (χ2v) is 28.6. The van der Waals surface area contributed by atoms with Crippen LogP contribution in [0.2, 0.25) is 0 Å². The second-order valence-electron chi connectivity index (χ2n) is 27.1. The fourth-order valence-corrected chi connectivity index (χ4v) is 11.9. The van der Waals surface area contributed by atoms with Crippen LogP contribution in [0.5, 0.6) is 0 Å². The number of hydrogen-bond donors (Lipinski definition) is 2. The summed E-state index contributed by atoms with van der Waals surface area (Å²) in [4.78, 5) is 38.0.